The van der Waals surface area contributed by atoms with Gasteiger partial charge in [0.15, 0.2) is 0 Å². The normalized spacial score (nSPS) is 21.6. The van der Waals surface area contributed by atoms with Crippen molar-refractivity contribution in [2.75, 3.05) is 32.8 Å². The number of nitrogens with one attached hydrogen (secondary N) is 1. The number of rotatable bonds is 7. The van der Waals surface area contributed by atoms with Crippen molar-refractivity contribution in [3.05, 3.63) is 16.9 Å². The fraction of sp³-hybridized carbons (Fsp3) is 0.800. The summed E-state index contributed by atoms with van der Waals surface area (Å²) in [5.74, 6) is 0. The first-order valence-electron chi connectivity index (χ1n) is 7.99. The van der Waals surface area contributed by atoms with E-state index in [-0.39, 0.29) is 12.1 Å². The molecule has 6 heteroatoms. The van der Waals surface area contributed by atoms with Crippen molar-refractivity contribution in [2.24, 2.45) is 0 Å². The lowest BCUT2D eigenvalue weighted by Crippen LogP contribution is -2.48. The molecule has 1 aliphatic heterocycles. The lowest BCUT2D eigenvalue weighted by atomic mass is 10.0. The lowest BCUT2D eigenvalue weighted by Gasteiger charge is -2.37. The standard InChI is InChI=1S/C15H27ClN4O/c1-4-7-19-8-9-21-13(11-19)14(17-5-2)15-12(16)10-18-20(15)6-3/h10,13-14,17H,4-9,11H2,1-3H3. The Labute approximate surface area is 132 Å². The minimum absolute atomic E-state index is 0.0876. The predicted molar refractivity (Wildman–Crippen MR) is 85.8 cm³/mol. The molecule has 21 heavy (non-hydrogen) atoms. The van der Waals surface area contributed by atoms with Crippen LogP contribution in [0.15, 0.2) is 6.20 Å². The van der Waals surface area contributed by atoms with Crippen molar-refractivity contribution < 1.29 is 4.74 Å². The number of hydrogen-bond donors (Lipinski definition) is 1. The first kappa shape index (κ1) is 16.7. The van der Waals surface area contributed by atoms with Gasteiger partial charge in [-0.2, -0.15) is 5.10 Å². The Morgan fingerprint density at radius 1 is 1.48 bits per heavy atom. The second kappa shape index (κ2) is 8.13. The summed E-state index contributed by atoms with van der Waals surface area (Å²) in [4.78, 5) is 2.47. The molecule has 1 N–H and O–H groups in total. The first-order chi connectivity index (χ1) is 10.2. The van der Waals surface area contributed by atoms with Gasteiger partial charge in [-0.05, 0) is 26.4 Å². The quantitative estimate of drug-likeness (QED) is 0.838. The number of morpholine rings is 1. The highest BCUT2D eigenvalue weighted by Gasteiger charge is 2.32. The van der Waals surface area contributed by atoms with E-state index in [0.29, 0.717) is 0 Å². The summed E-state index contributed by atoms with van der Waals surface area (Å²) < 4.78 is 8.01. The number of ether oxygens (including phenoxy) is 1. The van der Waals surface area contributed by atoms with Crippen LogP contribution in [0.25, 0.3) is 0 Å². The largest absolute Gasteiger partial charge is 0.374 e. The van der Waals surface area contributed by atoms with Gasteiger partial charge in [0, 0.05) is 19.6 Å². The molecule has 2 heterocycles. The predicted octanol–water partition coefficient (Wildman–Crippen LogP) is 2.32. The minimum atomic E-state index is 0.0876. The topological polar surface area (TPSA) is 42.3 Å². The summed E-state index contributed by atoms with van der Waals surface area (Å²) in [6.45, 7) is 12.0. The molecule has 0 aliphatic carbocycles. The van der Waals surface area contributed by atoms with E-state index in [0.717, 1.165) is 50.0 Å². The third kappa shape index (κ3) is 3.97. The van der Waals surface area contributed by atoms with E-state index in [1.54, 1.807) is 6.20 Å². The van der Waals surface area contributed by atoms with Gasteiger partial charge >= 0.3 is 0 Å². The van der Waals surface area contributed by atoms with Crippen LogP contribution in [0.5, 0.6) is 0 Å². The van der Waals surface area contributed by atoms with Crippen LogP contribution in [0.2, 0.25) is 5.02 Å². The molecule has 2 rings (SSSR count). The Kier molecular flexibility index (Phi) is 6.48. The molecule has 2 atom stereocenters. The van der Waals surface area contributed by atoms with Crippen LogP contribution < -0.4 is 5.32 Å². The molecule has 1 aromatic rings. The Balaban J connectivity index is 2.19. The molecule has 0 radical (unpaired) electrons. The Morgan fingerprint density at radius 3 is 2.95 bits per heavy atom. The number of nitrogens with zero attached hydrogens (tertiary/aromatic N) is 3. The Bertz CT molecular complexity index is 435. The second-order valence-electron chi connectivity index (χ2n) is 5.44. The fourth-order valence-corrected chi connectivity index (χ4v) is 3.27. The van der Waals surface area contributed by atoms with Crippen LogP contribution >= 0.6 is 11.6 Å². The highest BCUT2D eigenvalue weighted by atomic mass is 35.5. The highest BCUT2D eigenvalue weighted by molar-refractivity contribution is 6.31. The molecule has 5 nitrogen and oxygen atoms in total. The van der Waals surface area contributed by atoms with Crippen LogP contribution in [-0.2, 0) is 11.3 Å². The van der Waals surface area contributed by atoms with Crippen LogP contribution in [0.1, 0.15) is 38.9 Å². The zero-order chi connectivity index (χ0) is 15.2. The van der Waals surface area contributed by atoms with Crippen LogP contribution in [0, 0.1) is 0 Å². The van der Waals surface area contributed by atoms with E-state index in [1.807, 2.05) is 4.68 Å². The average Bonchev–Trinajstić information content (AvgIpc) is 2.86. The summed E-state index contributed by atoms with van der Waals surface area (Å²) in [5.41, 5.74) is 1.05. The molecule has 2 unspecified atom stereocenters. The summed E-state index contributed by atoms with van der Waals surface area (Å²) >= 11 is 6.38. The average molecular weight is 315 g/mol. The SMILES string of the molecule is CCCN1CCOC(C(NCC)c2c(Cl)cnn2CC)C1. The van der Waals surface area contributed by atoms with Gasteiger partial charge in [0.05, 0.1) is 35.7 Å². The van der Waals surface area contributed by atoms with E-state index < -0.39 is 0 Å². The summed E-state index contributed by atoms with van der Waals surface area (Å²) in [5, 5.41) is 8.62. The van der Waals surface area contributed by atoms with Crippen LogP contribution in [0.3, 0.4) is 0 Å². The van der Waals surface area contributed by atoms with Crippen molar-refractivity contribution in [1.29, 1.82) is 0 Å². The van der Waals surface area contributed by atoms with Gasteiger partial charge in [-0.15, -0.1) is 0 Å². The van der Waals surface area contributed by atoms with E-state index in [4.69, 9.17) is 16.3 Å². The molecular formula is C15H27ClN4O. The van der Waals surface area contributed by atoms with Gasteiger partial charge in [-0.3, -0.25) is 9.58 Å². The summed E-state index contributed by atoms with van der Waals surface area (Å²) in [7, 11) is 0. The number of aromatic nitrogens is 2. The monoisotopic (exact) mass is 314 g/mol. The molecule has 0 amide bonds. The molecule has 1 aromatic heterocycles. The Morgan fingerprint density at radius 2 is 2.29 bits per heavy atom. The molecule has 0 aromatic carbocycles. The zero-order valence-electron chi connectivity index (χ0n) is 13.3. The molecule has 1 saturated heterocycles. The van der Waals surface area contributed by atoms with Crippen molar-refractivity contribution in [3.8, 4) is 0 Å². The molecular weight excluding hydrogens is 288 g/mol. The maximum atomic E-state index is 6.38. The van der Waals surface area contributed by atoms with Crippen molar-refractivity contribution in [3.63, 3.8) is 0 Å². The molecule has 1 aliphatic rings. The van der Waals surface area contributed by atoms with Gasteiger partial charge in [-0.1, -0.05) is 25.4 Å². The number of aryl methyl sites for hydroxylation is 1. The zero-order valence-corrected chi connectivity index (χ0v) is 14.1. The summed E-state index contributed by atoms with van der Waals surface area (Å²) in [6.07, 6.45) is 3.02. The highest BCUT2D eigenvalue weighted by Crippen LogP contribution is 2.28. The maximum absolute atomic E-state index is 6.38. The fourth-order valence-electron chi connectivity index (χ4n) is 3.01. The minimum Gasteiger partial charge on any atom is -0.374 e. The third-order valence-corrected chi connectivity index (χ3v) is 4.23. The van der Waals surface area contributed by atoms with Crippen molar-refractivity contribution >= 4 is 11.6 Å². The molecule has 0 spiro atoms. The van der Waals surface area contributed by atoms with Crippen LogP contribution in [0.4, 0.5) is 0 Å². The maximum Gasteiger partial charge on any atom is 0.0912 e. The molecule has 0 saturated carbocycles. The van der Waals surface area contributed by atoms with E-state index in [2.05, 4.69) is 36.1 Å². The number of hydrogen-bond acceptors (Lipinski definition) is 4. The summed E-state index contributed by atoms with van der Waals surface area (Å²) in [6, 6.07) is 0.0876. The number of halogens is 1. The molecule has 1 fully saturated rings. The Hall–Kier alpha value is -0.620. The van der Waals surface area contributed by atoms with E-state index in [1.165, 1.54) is 6.42 Å². The van der Waals surface area contributed by atoms with Gasteiger partial charge in [0.1, 0.15) is 0 Å². The van der Waals surface area contributed by atoms with Crippen LogP contribution in [-0.4, -0.2) is 53.6 Å². The van der Waals surface area contributed by atoms with E-state index in [9.17, 15) is 0 Å². The lowest BCUT2D eigenvalue weighted by molar-refractivity contribution is -0.0481. The first-order valence-corrected chi connectivity index (χ1v) is 8.37. The second-order valence-corrected chi connectivity index (χ2v) is 5.85. The third-order valence-electron chi connectivity index (χ3n) is 3.94. The van der Waals surface area contributed by atoms with Gasteiger partial charge in [-0.25, -0.2) is 0 Å². The van der Waals surface area contributed by atoms with E-state index >= 15 is 0 Å². The smallest absolute Gasteiger partial charge is 0.0912 e. The van der Waals surface area contributed by atoms with Gasteiger partial charge < -0.3 is 10.1 Å². The van der Waals surface area contributed by atoms with Gasteiger partial charge in [0.2, 0.25) is 0 Å². The van der Waals surface area contributed by atoms with Gasteiger partial charge in [0.25, 0.3) is 0 Å². The van der Waals surface area contributed by atoms with Crippen molar-refractivity contribution in [2.45, 2.75) is 45.9 Å². The number of likely N-dealkylation sites (N-methyl/N-ethyl adjacent to an activating group) is 1. The van der Waals surface area contributed by atoms with Crippen molar-refractivity contribution in [1.82, 2.24) is 20.0 Å². The molecule has 120 valence electrons. The molecule has 0 bridgehead atoms.